The van der Waals surface area contributed by atoms with E-state index in [1.807, 2.05) is 0 Å². The Morgan fingerprint density at radius 2 is 2.00 bits per heavy atom. The Morgan fingerprint density at radius 1 is 1.26 bits per heavy atom. The molecule has 0 radical (unpaired) electrons. The highest BCUT2D eigenvalue weighted by atomic mass is 35.5. The number of halogens is 2. The third kappa shape index (κ3) is 3.48. The lowest BCUT2D eigenvalue weighted by molar-refractivity contribution is 0.112. The van der Waals surface area contributed by atoms with Gasteiger partial charge >= 0.3 is 0 Å². The van der Waals surface area contributed by atoms with E-state index in [4.69, 9.17) is 11.6 Å². The lowest BCUT2D eigenvalue weighted by atomic mass is 10.1. The fraction of sp³-hybridized carbons (Fsp3) is 0.154. The van der Waals surface area contributed by atoms with Gasteiger partial charge in [-0.1, -0.05) is 23.7 Å². The molecule has 98 valence electrons. The number of aldehydes is 1. The molecule has 0 amide bonds. The Morgan fingerprint density at radius 3 is 2.68 bits per heavy atom. The third-order valence-electron chi connectivity index (χ3n) is 2.57. The number of nitrogens with zero attached hydrogens (tertiary/aromatic N) is 2. The van der Waals surface area contributed by atoms with Gasteiger partial charge in [0.2, 0.25) is 0 Å². The molecule has 0 unspecified atom stereocenters. The summed E-state index contributed by atoms with van der Waals surface area (Å²) in [7, 11) is 0. The number of nitrogens with one attached hydrogen (secondary N) is 1. The number of benzene rings is 1. The Labute approximate surface area is 114 Å². The summed E-state index contributed by atoms with van der Waals surface area (Å²) in [6.07, 6.45) is 2.58. The maximum atomic E-state index is 12.7. The average molecular weight is 280 g/mol. The summed E-state index contributed by atoms with van der Waals surface area (Å²) in [5.41, 5.74) is 1.23. The molecule has 2 aromatic rings. The highest BCUT2D eigenvalue weighted by molar-refractivity contribution is 6.32. The van der Waals surface area contributed by atoms with Crippen LogP contribution in [-0.4, -0.2) is 22.8 Å². The quantitative estimate of drug-likeness (QED) is 0.675. The molecule has 19 heavy (non-hydrogen) atoms. The molecule has 0 fully saturated rings. The number of rotatable bonds is 5. The number of hydrogen-bond acceptors (Lipinski definition) is 4. The predicted octanol–water partition coefficient (Wildman–Crippen LogP) is 2.74. The van der Waals surface area contributed by atoms with Gasteiger partial charge in [0.1, 0.15) is 23.1 Å². The molecule has 1 heterocycles. The first-order valence-electron chi connectivity index (χ1n) is 5.64. The van der Waals surface area contributed by atoms with Gasteiger partial charge in [-0.15, -0.1) is 0 Å². The standard InChI is InChI=1S/C13H11ClFN3O/c14-12-11(7-19)13(18-8-17-12)16-6-5-9-1-3-10(15)4-2-9/h1-4,7-8H,5-6H2,(H,16,17,18). The smallest absolute Gasteiger partial charge is 0.156 e. The highest BCUT2D eigenvalue weighted by Gasteiger charge is 2.08. The molecule has 0 saturated heterocycles. The molecule has 2 rings (SSSR count). The Hall–Kier alpha value is -2.01. The fourth-order valence-corrected chi connectivity index (χ4v) is 1.77. The molecule has 0 spiro atoms. The maximum absolute atomic E-state index is 12.7. The van der Waals surface area contributed by atoms with E-state index in [9.17, 15) is 9.18 Å². The van der Waals surface area contributed by atoms with Crippen molar-refractivity contribution in [3.05, 3.63) is 52.7 Å². The number of aromatic nitrogens is 2. The van der Waals surface area contributed by atoms with Gasteiger partial charge in [-0.25, -0.2) is 14.4 Å². The second kappa shape index (κ2) is 6.24. The summed E-state index contributed by atoms with van der Waals surface area (Å²) >= 11 is 5.78. The number of anilines is 1. The molecule has 6 heteroatoms. The Kier molecular flexibility index (Phi) is 4.41. The van der Waals surface area contributed by atoms with Gasteiger partial charge in [0.25, 0.3) is 0 Å². The number of hydrogen-bond donors (Lipinski definition) is 1. The molecule has 0 bridgehead atoms. The van der Waals surface area contributed by atoms with Gasteiger partial charge in [-0.3, -0.25) is 4.79 Å². The van der Waals surface area contributed by atoms with E-state index >= 15 is 0 Å². The summed E-state index contributed by atoms with van der Waals surface area (Å²) in [5.74, 6) is 0.139. The van der Waals surface area contributed by atoms with Gasteiger partial charge in [-0.2, -0.15) is 0 Å². The van der Waals surface area contributed by atoms with E-state index in [1.54, 1.807) is 12.1 Å². The van der Waals surface area contributed by atoms with E-state index in [0.29, 0.717) is 25.1 Å². The van der Waals surface area contributed by atoms with E-state index in [0.717, 1.165) is 5.56 Å². The minimum Gasteiger partial charge on any atom is -0.369 e. The Balaban J connectivity index is 1.98. The van der Waals surface area contributed by atoms with Crippen LogP contribution in [-0.2, 0) is 6.42 Å². The Bertz CT molecular complexity index is 575. The number of carbonyl (C=O) groups is 1. The van der Waals surface area contributed by atoms with Crippen LogP contribution < -0.4 is 5.32 Å². The van der Waals surface area contributed by atoms with Gasteiger partial charge < -0.3 is 5.32 Å². The van der Waals surface area contributed by atoms with Gasteiger partial charge in [0.05, 0.1) is 5.56 Å². The summed E-state index contributed by atoms with van der Waals surface area (Å²) in [5, 5.41) is 3.13. The lowest BCUT2D eigenvalue weighted by Gasteiger charge is -2.08. The van der Waals surface area contributed by atoms with Gasteiger partial charge in [0.15, 0.2) is 6.29 Å². The molecule has 1 aromatic heterocycles. The van der Waals surface area contributed by atoms with E-state index in [-0.39, 0.29) is 16.5 Å². The van der Waals surface area contributed by atoms with Crippen LogP contribution in [0.2, 0.25) is 5.15 Å². The topological polar surface area (TPSA) is 54.9 Å². The van der Waals surface area contributed by atoms with Crippen molar-refractivity contribution in [1.29, 1.82) is 0 Å². The van der Waals surface area contributed by atoms with E-state index in [1.165, 1.54) is 18.5 Å². The molecule has 0 aliphatic rings. The van der Waals surface area contributed by atoms with Crippen LogP contribution in [0.3, 0.4) is 0 Å². The monoisotopic (exact) mass is 279 g/mol. The maximum Gasteiger partial charge on any atom is 0.156 e. The predicted molar refractivity (Wildman–Crippen MR) is 71.0 cm³/mol. The van der Waals surface area contributed by atoms with Crippen molar-refractivity contribution in [2.75, 3.05) is 11.9 Å². The van der Waals surface area contributed by atoms with Crippen molar-refractivity contribution in [2.45, 2.75) is 6.42 Å². The van der Waals surface area contributed by atoms with Crippen LogP contribution in [0, 0.1) is 5.82 Å². The average Bonchev–Trinajstić information content (AvgIpc) is 2.41. The molecule has 1 aromatic carbocycles. The van der Waals surface area contributed by atoms with Crippen LogP contribution in [0.5, 0.6) is 0 Å². The molecule has 0 aliphatic carbocycles. The summed E-state index contributed by atoms with van der Waals surface area (Å²) in [4.78, 5) is 18.6. The molecule has 1 N–H and O–H groups in total. The van der Waals surface area contributed by atoms with Crippen molar-refractivity contribution in [3.8, 4) is 0 Å². The molecular weight excluding hydrogens is 269 g/mol. The van der Waals surface area contributed by atoms with Gasteiger partial charge in [0, 0.05) is 6.54 Å². The lowest BCUT2D eigenvalue weighted by Crippen LogP contribution is -2.09. The van der Waals surface area contributed by atoms with E-state index in [2.05, 4.69) is 15.3 Å². The summed E-state index contributed by atoms with van der Waals surface area (Å²) in [6.45, 7) is 0.555. The third-order valence-corrected chi connectivity index (χ3v) is 2.87. The SMILES string of the molecule is O=Cc1c(Cl)ncnc1NCCc1ccc(F)cc1. The van der Waals surface area contributed by atoms with Crippen molar-refractivity contribution >= 4 is 23.7 Å². The molecule has 4 nitrogen and oxygen atoms in total. The normalized spacial score (nSPS) is 10.2. The zero-order chi connectivity index (χ0) is 13.7. The van der Waals surface area contributed by atoms with Crippen molar-refractivity contribution in [1.82, 2.24) is 9.97 Å². The first-order valence-corrected chi connectivity index (χ1v) is 6.02. The molecule has 0 saturated carbocycles. The fourth-order valence-electron chi connectivity index (χ4n) is 1.60. The zero-order valence-electron chi connectivity index (χ0n) is 9.94. The van der Waals surface area contributed by atoms with E-state index < -0.39 is 0 Å². The molecule has 0 atom stereocenters. The minimum atomic E-state index is -0.262. The first kappa shape index (κ1) is 13.4. The molecular formula is C13H11ClFN3O. The second-order valence-corrected chi connectivity index (χ2v) is 4.21. The van der Waals surface area contributed by atoms with Crippen molar-refractivity contribution < 1.29 is 9.18 Å². The first-order chi connectivity index (χ1) is 9.20. The van der Waals surface area contributed by atoms with Crippen LogP contribution in [0.25, 0.3) is 0 Å². The van der Waals surface area contributed by atoms with Crippen molar-refractivity contribution in [3.63, 3.8) is 0 Å². The van der Waals surface area contributed by atoms with Crippen LogP contribution in [0.4, 0.5) is 10.2 Å². The summed E-state index contributed by atoms with van der Waals surface area (Å²) < 4.78 is 12.7. The summed E-state index contributed by atoms with van der Waals surface area (Å²) in [6, 6.07) is 6.25. The zero-order valence-corrected chi connectivity index (χ0v) is 10.7. The van der Waals surface area contributed by atoms with Gasteiger partial charge in [-0.05, 0) is 24.1 Å². The second-order valence-electron chi connectivity index (χ2n) is 3.85. The highest BCUT2D eigenvalue weighted by Crippen LogP contribution is 2.17. The number of carbonyl (C=O) groups excluding carboxylic acids is 1. The molecule has 0 aliphatic heterocycles. The van der Waals surface area contributed by atoms with Crippen LogP contribution in [0.1, 0.15) is 15.9 Å². The van der Waals surface area contributed by atoms with Crippen molar-refractivity contribution in [2.24, 2.45) is 0 Å². The largest absolute Gasteiger partial charge is 0.369 e. The van der Waals surface area contributed by atoms with Crippen LogP contribution >= 0.6 is 11.6 Å². The van der Waals surface area contributed by atoms with Crippen LogP contribution in [0.15, 0.2) is 30.6 Å². The minimum absolute atomic E-state index is 0.120.